The summed E-state index contributed by atoms with van der Waals surface area (Å²) in [5.74, 6) is 0. The van der Waals surface area contributed by atoms with E-state index in [-0.39, 0.29) is 41.9 Å². The molecule has 3 N–H and O–H groups in total. The SMILES string of the molecule is CCc1cccc(CC)c1NCCNCCNc1c(CC)cccc1CC.[Cl-].[Cl-].[Fe+2]. The van der Waals surface area contributed by atoms with Crippen molar-refractivity contribution in [1.82, 2.24) is 5.32 Å². The molecule has 2 rings (SSSR count). The number of aryl methyl sites for hydroxylation is 4. The number of hydrogen-bond donors (Lipinski definition) is 3. The van der Waals surface area contributed by atoms with Crippen LogP contribution in [0.5, 0.6) is 0 Å². The summed E-state index contributed by atoms with van der Waals surface area (Å²) in [6.45, 7) is 12.7. The Hall–Kier alpha value is -0.901. The van der Waals surface area contributed by atoms with Crippen LogP contribution in [0.1, 0.15) is 49.9 Å². The maximum atomic E-state index is 3.65. The van der Waals surface area contributed by atoms with Crippen molar-refractivity contribution in [3.05, 3.63) is 58.7 Å². The molecule has 6 heteroatoms. The minimum absolute atomic E-state index is 0. The van der Waals surface area contributed by atoms with Gasteiger partial charge < -0.3 is 40.8 Å². The summed E-state index contributed by atoms with van der Waals surface area (Å²) in [5.41, 5.74) is 8.34. The van der Waals surface area contributed by atoms with Crippen LogP contribution >= 0.6 is 0 Å². The first kappa shape index (κ1) is 31.3. The average Bonchev–Trinajstić information content (AvgIpc) is 2.72. The number of para-hydroxylation sites is 2. The summed E-state index contributed by atoms with van der Waals surface area (Å²) in [6.07, 6.45) is 4.29. The molecule has 0 fully saturated rings. The van der Waals surface area contributed by atoms with Crippen LogP contribution in [0, 0.1) is 0 Å². The predicted octanol–water partition coefficient (Wildman–Crippen LogP) is -0.945. The molecule has 170 valence electrons. The Balaban J connectivity index is 0. The molecule has 0 aliphatic heterocycles. The predicted molar refractivity (Wildman–Crippen MR) is 120 cm³/mol. The molecule has 0 spiro atoms. The van der Waals surface area contributed by atoms with Gasteiger partial charge in [0.1, 0.15) is 0 Å². The quantitative estimate of drug-likeness (QED) is 0.264. The van der Waals surface area contributed by atoms with Gasteiger partial charge in [0.15, 0.2) is 0 Å². The Morgan fingerprint density at radius 2 is 0.833 bits per heavy atom. The second kappa shape index (κ2) is 17.7. The van der Waals surface area contributed by atoms with Crippen molar-refractivity contribution in [2.75, 3.05) is 36.8 Å². The monoisotopic (exact) mass is 493 g/mol. The van der Waals surface area contributed by atoms with Crippen LogP contribution < -0.4 is 40.8 Å². The number of nitrogens with one attached hydrogen (secondary N) is 3. The summed E-state index contributed by atoms with van der Waals surface area (Å²) in [5, 5.41) is 10.8. The molecular formula is C24H37Cl2FeN3. The summed E-state index contributed by atoms with van der Waals surface area (Å²) in [4.78, 5) is 0. The fourth-order valence-corrected chi connectivity index (χ4v) is 3.62. The molecule has 0 aromatic heterocycles. The molecule has 2 aromatic rings. The van der Waals surface area contributed by atoms with Crippen molar-refractivity contribution in [2.24, 2.45) is 0 Å². The number of rotatable bonds is 12. The molecule has 2 aromatic carbocycles. The molecular weight excluding hydrogens is 457 g/mol. The summed E-state index contributed by atoms with van der Waals surface area (Å²) < 4.78 is 0. The van der Waals surface area contributed by atoms with Crippen LogP contribution in [-0.2, 0) is 42.8 Å². The van der Waals surface area contributed by atoms with E-state index in [0.717, 1.165) is 51.9 Å². The van der Waals surface area contributed by atoms with E-state index in [9.17, 15) is 0 Å². The zero-order chi connectivity index (χ0) is 19.5. The largest absolute Gasteiger partial charge is 2.00 e. The van der Waals surface area contributed by atoms with E-state index in [2.05, 4.69) is 80.0 Å². The van der Waals surface area contributed by atoms with E-state index in [4.69, 9.17) is 0 Å². The summed E-state index contributed by atoms with van der Waals surface area (Å²) in [6, 6.07) is 13.3. The maximum Gasteiger partial charge on any atom is 2.00 e. The van der Waals surface area contributed by atoms with Crippen LogP contribution in [0.25, 0.3) is 0 Å². The third kappa shape index (κ3) is 9.08. The van der Waals surface area contributed by atoms with Crippen molar-refractivity contribution in [3.8, 4) is 0 Å². The smallest absolute Gasteiger partial charge is 1.00 e. The normalized spacial score (nSPS) is 9.73. The van der Waals surface area contributed by atoms with E-state index in [1.165, 1.54) is 33.6 Å². The first-order chi connectivity index (χ1) is 13.2. The Kier molecular flexibility index (Phi) is 18.5. The van der Waals surface area contributed by atoms with E-state index >= 15 is 0 Å². The van der Waals surface area contributed by atoms with Gasteiger partial charge in [0.2, 0.25) is 0 Å². The molecule has 0 aliphatic rings. The molecule has 0 saturated carbocycles. The third-order valence-electron chi connectivity index (χ3n) is 5.20. The minimum Gasteiger partial charge on any atom is -1.00 e. The third-order valence-corrected chi connectivity index (χ3v) is 5.20. The van der Waals surface area contributed by atoms with Gasteiger partial charge in [-0.25, -0.2) is 0 Å². The minimum atomic E-state index is 0. The van der Waals surface area contributed by atoms with Gasteiger partial charge in [-0.2, -0.15) is 0 Å². The molecule has 0 aliphatic carbocycles. The van der Waals surface area contributed by atoms with E-state index in [1.54, 1.807) is 0 Å². The second-order valence-electron chi connectivity index (χ2n) is 6.92. The fraction of sp³-hybridized carbons (Fsp3) is 0.500. The standard InChI is InChI=1S/C24H37N3.2ClH.Fe/c1-5-19-11-9-12-20(6-2)23(19)26-17-15-25-16-18-27-24-21(7-3)13-10-14-22(24)8-4;;;/h9-14,25-27H,5-8,15-18H2,1-4H3;2*1H;/q;;;+2/p-2. The Morgan fingerprint density at radius 1 is 0.533 bits per heavy atom. The van der Waals surface area contributed by atoms with E-state index in [1.807, 2.05) is 0 Å². The van der Waals surface area contributed by atoms with Gasteiger partial charge in [-0.05, 0) is 47.9 Å². The van der Waals surface area contributed by atoms with Crippen molar-refractivity contribution < 1.29 is 41.9 Å². The first-order valence-electron chi connectivity index (χ1n) is 10.6. The van der Waals surface area contributed by atoms with Gasteiger partial charge in [0, 0.05) is 37.6 Å². The van der Waals surface area contributed by atoms with Crippen molar-refractivity contribution in [2.45, 2.75) is 53.4 Å². The maximum absolute atomic E-state index is 3.65. The number of halogens is 2. The molecule has 0 radical (unpaired) electrons. The van der Waals surface area contributed by atoms with Gasteiger partial charge in [0.05, 0.1) is 0 Å². The van der Waals surface area contributed by atoms with Crippen molar-refractivity contribution in [1.29, 1.82) is 0 Å². The number of benzene rings is 2. The molecule has 0 amide bonds. The van der Waals surface area contributed by atoms with Gasteiger partial charge in [-0.1, -0.05) is 64.1 Å². The molecule has 0 saturated heterocycles. The Morgan fingerprint density at radius 3 is 1.10 bits per heavy atom. The Labute approximate surface area is 206 Å². The average molecular weight is 494 g/mol. The molecule has 30 heavy (non-hydrogen) atoms. The zero-order valence-electron chi connectivity index (χ0n) is 18.7. The van der Waals surface area contributed by atoms with E-state index < -0.39 is 0 Å². The van der Waals surface area contributed by atoms with Crippen molar-refractivity contribution >= 4 is 11.4 Å². The summed E-state index contributed by atoms with van der Waals surface area (Å²) >= 11 is 0. The molecule has 0 heterocycles. The van der Waals surface area contributed by atoms with Crippen LogP contribution in [0.4, 0.5) is 11.4 Å². The van der Waals surface area contributed by atoms with Crippen LogP contribution in [0.2, 0.25) is 0 Å². The van der Waals surface area contributed by atoms with Gasteiger partial charge in [-0.3, -0.25) is 0 Å². The van der Waals surface area contributed by atoms with Crippen molar-refractivity contribution in [3.63, 3.8) is 0 Å². The molecule has 3 nitrogen and oxygen atoms in total. The van der Waals surface area contributed by atoms with Gasteiger partial charge in [-0.15, -0.1) is 0 Å². The molecule has 0 atom stereocenters. The Bertz CT molecular complexity index is 607. The van der Waals surface area contributed by atoms with Crippen LogP contribution in [0.15, 0.2) is 36.4 Å². The van der Waals surface area contributed by atoms with Gasteiger partial charge >= 0.3 is 17.1 Å². The molecule has 0 unspecified atom stereocenters. The van der Waals surface area contributed by atoms with Crippen LogP contribution in [-0.4, -0.2) is 26.2 Å². The number of hydrogen-bond acceptors (Lipinski definition) is 3. The topological polar surface area (TPSA) is 36.1 Å². The first-order valence-corrected chi connectivity index (χ1v) is 10.6. The fourth-order valence-electron chi connectivity index (χ4n) is 3.62. The van der Waals surface area contributed by atoms with E-state index in [0.29, 0.717) is 0 Å². The summed E-state index contributed by atoms with van der Waals surface area (Å²) in [7, 11) is 0. The van der Waals surface area contributed by atoms with Crippen LogP contribution in [0.3, 0.4) is 0 Å². The van der Waals surface area contributed by atoms with Gasteiger partial charge in [0.25, 0.3) is 0 Å². The number of anilines is 2. The second-order valence-corrected chi connectivity index (χ2v) is 6.92. The molecule has 0 bridgehead atoms. The zero-order valence-corrected chi connectivity index (χ0v) is 21.3.